The van der Waals surface area contributed by atoms with E-state index < -0.39 is 0 Å². The van der Waals surface area contributed by atoms with Crippen molar-refractivity contribution in [2.24, 2.45) is 0 Å². The highest BCUT2D eigenvalue weighted by molar-refractivity contribution is 5.56. The number of hydrogen-bond acceptors (Lipinski definition) is 5. The minimum atomic E-state index is 0.427. The smallest absolute Gasteiger partial charge is 0.178 e. The first-order chi connectivity index (χ1) is 8.69. The van der Waals surface area contributed by atoms with E-state index in [9.17, 15) is 0 Å². The summed E-state index contributed by atoms with van der Waals surface area (Å²) >= 11 is 0. The zero-order valence-corrected chi connectivity index (χ0v) is 10.4. The van der Waals surface area contributed by atoms with Crippen LogP contribution >= 0.6 is 0 Å². The first kappa shape index (κ1) is 12.0. The van der Waals surface area contributed by atoms with Crippen LogP contribution in [0.3, 0.4) is 0 Å². The van der Waals surface area contributed by atoms with Gasteiger partial charge in [-0.25, -0.2) is 9.97 Å². The van der Waals surface area contributed by atoms with Gasteiger partial charge in [-0.3, -0.25) is 0 Å². The fourth-order valence-electron chi connectivity index (χ4n) is 1.65. The van der Waals surface area contributed by atoms with Gasteiger partial charge in [-0.15, -0.1) is 5.10 Å². The van der Waals surface area contributed by atoms with Crippen molar-refractivity contribution in [3.8, 4) is 11.9 Å². The Morgan fingerprint density at radius 2 is 2.17 bits per heavy atom. The molecule has 0 fully saturated rings. The second-order valence-corrected chi connectivity index (χ2v) is 3.81. The molecule has 2 N–H and O–H groups in total. The SMILES string of the molecule is CCc1nc(CC)n(-c2ncc(C#N)cc2N)n1. The Kier molecular flexibility index (Phi) is 3.24. The summed E-state index contributed by atoms with van der Waals surface area (Å²) < 4.78 is 1.65. The predicted octanol–water partition coefficient (Wildman–Crippen LogP) is 1.24. The molecule has 0 saturated heterocycles. The van der Waals surface area contributed by atoms with Crippen molar-refractivity contribution >= 4 is 5.69 Å². The second kappa shape index (κ2) is 4.84. The molecule has 6 heteroatoms. The molecule has 2 rings (SSSR count). The van der Waals surface area contributed by atoms with Crippen LogP contribution in [0.15, 0.2) is 12.3 Å². The maximum absolute atomic E-state index is 8.79. The third-order valence-corrected chi connectivity index (χ3v) is 2.58. The molecule has 0 atom stereocenters. The van der Waals surface area contributed by atoms with E-state index in [1.54, 1.807) is 10.7 Å². The molecule has 18 heavy (non-hydrogen) atoms. The topological polar surface area (TPSA) is 93.4 Å². The highest BCUT2D eigenvalue weighted by atomic mass is 15.4. The molecule has 0 saturated carbocycles. The summed E-state index contributed by atoms with van der Waals surface area (Å²) in [5.41, 5.74) is 6.76. The van der Waals surface area contributed by atoms with Crippen molar-refractivity contribution in [1.82, 2.24) is 19.7 Å². The monoisotopic (exact) mass is 242 g/mol. The lowest BCUT2D eigenvalue weighted by molar-refractivity contribution is 0.771. The van der Waals surface area contributed by atoms with E-state index in [0.717, 1.165) is 24.5 Å². The van der Waals surface area contributed by atoms with Crippen LogP contribution in [0.2, 0.25) is 0 Å². The molecule has 2 aromatic rings. The van der Waals surface area contributed by atoms with Crippen LogP contribution < -0.4 is 5.73 Å². The average molecular weight is 242 g/mol. The van der Waals surface area contributed by atoms with Crippen molar-refractivity contribution in [3.63, 3.8) is 0 Å². The second-order valence-electron chi connectivity index (χ2n) is 3.81. The number of rotatable bonds is 3. The van der Waals surface area contributed by atoms with Crippen LogP contribution in [-0.2, 0) is 12.8 Å². The maximum Gasteiger partial charge on any atom is 0.178 e. The molecule has 6 nitrogen and oxygen atoms in total. The number of nitrogens with two attached hydrogens (primary N) is 1. The van der Waals surface area contributed by atoms with Gasteiger partial charge in [0.25, 0.3) is 0 Å². The largest absolute Gasteiger partial charge is 0.396 e. The van der Waals surface area contributed by atoms with Crippen LogP contribution in [0.25, 0.3) is 5.82 Å². The predicted molar refractivity (Wildman–Crippen MR) is 67.0 cm³/mol. The minimum absolute atomic E-state index is 0.427. The fourth-order valence-corrected chi connectivity index (χ4v) is 1.65. The van der Waals surface area contributed by atoms with Crippen molar-refractivity contribution in [2.45, 2.75) is 26.7 Å². The van der Waals surface area contributed by atoms with Gasteiger partial charge in [-0.2, -0.15) is 9.94 Å². The van der Waals surface area contributed by atoms with Crippen LogP contribution in [0.1, 0.15) is 31.1 Å². The highest BCUT2D eigenvalue weighted by Gasteiger charge is 2.13. The van der Waals surface area contributed by atoms with Gasteiger partial charge >= 0.3 is 0 Å². The van der Waals surface area contributed by atoms with Gasteiger partial charge in [-0.1, -0.05) is 13.8 Å². The number of nitrogens with zero attached hydrogens (tertiary/aromatic N) is 5. The van der Waals surface area contributed by atoms with E-state index in [1.165, 1.54) is 6.20 Å². The van der Waals surface area contributed by atoms with Crippen molar-refractivity contribution in [2.75, 3.05) is 5.73 Å². The minimum Gasteiger partial charge on any atom is -0.396 e. The average Bonchev–Trinajstić information content (AvgIpc) is 2.81. The molecule has 0 spiro atoms. The Hall–Kier alpha value is -2.42. The van der Waals surface area contributed by atoms with Crippen molar-refractivity contribution in [3.05, 3.63) is 29.5 Å². The highest BCUT2D eigenvalue weighted by Crippen LogP contribution is 2.17. The molecule has 0 bridgehead atoms. The fraction of sp³-hybridized carbons (Fsp3) is 0.333. The Labute approximate surface area is 105 Å². The normalized spacial score (nSPS) is 10.3. The number of aryl methyl sites for hydroxylation is 2. The van der Waals surface area contributed by atoms with E-state index in [1.807, 2.05) is 19.9 Å². The Morgan fingerprint density at radius 1 is 1.39 bits per heavy atom. The van der Waals surface area contributed by atoms with E-state index in [-0.39, 0.29) is 0 Å². The van der Waals surface area contributed by atoms with Gasteiger partial charge in [0.05, 0.1) is 11.3 Å². The summed E-state index contributed by atoms with van der Waals surface area (Å²) in [6.45, 7) is 3.99. The molecule has 0 aliphatic carbocycles. The van der Waals surface area contributed by atoms with Crippen LogP contribution in [0, 0.1) is 11.3 Å². The number of anilines is 1. The summed E-state index contributed by atoms with van der Waals surface area (Å²) in [5, 5.41) is 13.2. The molecule has 0 aliphatic rings. The molecule has 0 unspecified atom stereocenters. The van der Waals surface area contributed by atoms with Gasteiger partial charge in [0.15, 0.2) is 11.6 Å². The Bertz CT molecular complexity index is 608. The molecule has 0 radical (unpaired) electrons. The third kappa shape index (κ3) is 2.02. The van der Waals surface area contributed by atoms with Crippen molar-refractivity contribution < 1.29 is 0 Å². The molecule has 0 aliphatic heterocycles. The number of hydrogen-bond donors (Lipinski definition) is 1. The summed E-state index contributed by atoms with van der Waals surface area (Å²) in [4.78, 5) is 8.59. The van der Waals surface area contributed by atoms with Crippen LogP contribution in [-0.4, -0.2) is 19.7 Å². The molecular formula is C12H14N6. The number of aromatic nitrogens is 4. The Balaban J connectivity index is 2.54. The van der Waals surface area contributed by atoms with Gasteiger partial charge in [0.2, 0.25) is 0 Å². The molecule has 92 valence electrons. The first-order valence-corrected chi connectivity index (χ1v) is 5.80. The zero-order chi connectivity index (χ0) is 13.1. The lowest BCUT2D eigenvalue weighted by atomic mass is 10.3. The molecule has 0 amide bonds. The van der Waals surface area contributed by atoms with Gasteiger partial charge in [0.1, 0.15) is 11.9 Å². The standard InChI is InChI=1S/C12H14N6/c1-3-10-16-11(4-2)18(17-10)12-9(14)5-8(6-13)7-15-12/h5,7H,3-4,14H2,1-2H3. The third-order valence-electron chi connectivity index (χ3n) is 2.58. The number of pyridine rings is 1. The van der Waals surface area contributed by atoms with Crippen LogP contribution in [0.5, 0.6) is 0 Å². The molecular weight excluding hydrogens is 228 g/mol. The lowest BCUT2D eigenvalue weighted by Gasteiger charge is -2.06. The number of nitrogen functional groups attached to an aromatic ring is 1. The summed E-state index contributed by atoms with van der Waals surface area (Å²) in [5.74, 6) is 2.10. The van der Waals surface area contributed by atoms with Gasteiger partial charge < -0.3 is 5.73 Å². The van der Waals surface area contributed by atoms with Gasteiger partial charge in [-0.05, 0) is 6.07 Å². The first-order valence-electron chi connectivity index (χ1n) is 5.80. The van der Waals surface area contributed by atoms with Crippen molar-refractivity contribution in [1.29, 1.82) is 5.26 Å². The maximum atomic E-state index is 8.79. The quantitative estimate of drug-likeness (QED) is 0.873. The lowest BCUT2D eigenvalue weighted by Crippen LogP contribution is -2.08. The van der Waals surface area contributed by atoms with Gasteiger partial charge in [0, 0.05) is 19.0 Å². The molecule has 0 aromatic carbocycles. The van der Waals surface area contributed by atoms with E-state index in [2.05, 4.69) is 15.1 Å². The molecule has 2 aromatic heterocycles. The number of nitriles is 1. The summed E-state index contributed by atoms with van der Waals surface area (Å²) in [6.07, 6.45) is 2.99. The molecule has 2 heterocycles. The van der Waals surface area contributed by atoms with E-state index in [0.29, 0.717) is 17.1 Å². The Morgan fingerprint density at radius 3 is 2.72 bits per heavy atom. The summed E-state index contributed by atoms with van der Waals surface area (Å²) in [6, 6.07) is 3.60. The van der Waals surface area contributed by atoms with E-state index in [4.69, 9.17) is 11.0 Å². The van der Waals surface area contributed by atoms with Crippen LogP contribution in [0.4, 0.5) is 5.69 Å². The van der Waals surface area contributed by atoms with E-state index >= 15 is 0 Å². The zero-order valence-electron chi connectivity index (χ0n) is 10.4. The summed E-state index contributed by atoms with van der Waals surface area (Å²) in [7, 11) is 0.